The molecule has 2 amide bonds. The smallest absolute Gasteiger partial charge is 0.317 e. The maximum Gasteiger partial charge on any atom is 0.317 e. The fourth-order valence-electron chi connectivity index (χ4n) is 3.37. The number of aliphatic hydroxyl groups is 1. The number of carboxylic acid groups (broad SMARTS) is 1. The highest BCUT2D eigenvalue weighted by Crippen LogP contribution is 2.40. The van der Waals surface area contributed by atoms with Gasteiger partial charge in [-0.25, -0.2) is 4.79 Å². The lowest BCUT2D eigenvalue weighted by atomic mass is 9.69. The number of aliphatic hydroxyl groups excluding tert-OH is 1. The fraction of sp³-hybridized carbons (Fsp3) is 0.867. The molecule has 0 saturated heterocycles. The van der Waals surface area contributed by atoms with Gasteiger partial charge < -0.3 is 20.4 Å². The van der Waals surface area contributed by atoms with E-state index in [2.05, 4.69) is 5.32 Å². The van der Waals surface area contributed by atoms with Gasteiger partial charge in [-0.2, -0.15) is 0 Å². The minimum absolute atomic E-state index is 0.0615. The van der Waals surface area contributed by atoms with Crippen molar-refractivity contribution in [2.75, 3.05) is 19.7 Å². The molecule has 0 aliphatic heterocycles. The molecule has 21 heavy (non-hydrogen) atoms. The number of hydrogen-bond donors (Lipinski definition) is 3. The molecule has 0 aromatic rings. The first-order valence-corrected chi connectivity index (χ1v) is 7.98. The average molecular weight is 298 g/mol. The Balaban J connectivity index is 1.90. The number of carbonyl (C=O) groups is 2. The SMILES string of the molecule is O=C(NCC1(C(=O)O)CCC1)N(CCO)C1CCCCC1. The molecule has 0 aromatic carbocycles. The van der Waals surface area contributed by atoms with Crippen LogP contribution in [0.2, 0.25) is 0 Å². The predicted molar refractivity (Wildman–Crippen MR) is 78.0 cm³/mol. The molecule has 0 radical (unpaired) electrons. The summed E-state index contributed by atoms with van der Waals surface area (Å²) in [7, 11) is 0. The summed E-state index contributed by atoms with van der Waals surface area (Å²) in [6.07, 6.45) is 7.53. The highest BCUT2D eigenvalue weighted by molar-refractivity contribution is 5.79. The van der Waals surface area contributed by atoms with Crippen LogP contribution in [-0.2, 0) is 4.79 Å². The zero-order chi connectivity index (χ0) is 15.3. The van der Waals surface area contributed by atoms with Crippen LogP contribution < -0.4 is 5.32 Å². The van der Waals surface area contributed by atoms with Gasteiger partial charge >= 0.3 is 12.0 Å². The van der Waals surface area contributed by atoms with Gasteiger partial charge in [0.25, 0.3) is 0 Å². The first-order valence-electron chi connectivity index (χ1n) is 7.98. The van der Waals surface area contributed by atoms with E-state index in [0.29, 0.717) is 19.4 Å². The van der Waals surface area contributed by atoms with E-state index in [0.717, 1.165) is 32.1 Å². The molecule has 2 saturated carbocycles. The lowest BCUT2D eigenvalue weighted by Crippen LogP contribution is -2.53. The Hall–Kier alpha value is -1.30. The summed E-state index contributed by atoms with van der Waals surface area (Å²) >= 11 is 0. The lowest BCUT2D eigenvalue weighted by Gasteiger charge is -2.39. The van der Waals surface area contributed by atoms with E-state index >= 15 is 0 Å². The third-order valence-corrected chi connectivity index (χ3v) is 4.96. The molecular weight excluding hydrogens is 272 g/mol. The first kappa shape index (κ1) is 16.1. The summed E-state index contributed by atoms with van der Waals surface area (Å²) in [4.78, 5) is 25.3. The third kappa shape index (κ3) is 3.67. The van der Waals surface area contributed by atoms with Crippen molar-refractivity contribution in [3.63, 3.8) is 0 Å². The van der Waals surface area contributed by atoms with E-state index in [4.69, 9.17) is 0 Å². The normalized spacial score (nSPS) is 21.4. The zero-order valence-corrected chi connectivity index (χ0v) is 12.5. The van der Waals surface area contributed by atoms with Gasteiger partial charge in [0.15, 0.2) is 0 Å². The molecule has 2 fully saturated rings. The van der Waals surface area contributed by atoms with Crippen LogP contribution in [0.5, 0.6) is 0 Å². The standard InChI is InChI=1S/C15H26N2O4/c18-10-9-17(12-5-2-1-3-6-12)14(21)16-11-15(13(19)20)7-4-8-15/h12,18H,1-11H2,(H,16,21)(H,19,20). The van der Waals surface area contributed by atoms with Crippen LogP contribution >= 0.6 is 0 Å². The highest BCUT2D eigenvalue weighted by Gasteiger charge is 2.44. The quantitative estimate of drug-likeness (QED) is 0.694. The van der Waals surface area contributed by atoms with Crippen molar-refractivity contribution in [1.82, 2.24) is 10.2 Å². The number of hydrogen-bond acceptors (Lipinski definition) is 3. The van der Waals surface area contributed by atoms with E-state index in [1.165, 1.54) is 6.42 Å². The van der Waals surface area contributed by atoms with E-state index < -0.39 is 11.4 Å². The minimum atomic E-state index is -0.819. The first-order chi connectivity index (χ1) is 10.1. The molecule has 6 nitrogen and oxygen atoms in total. The summed E-state index contributed by atoms with van der Waals surface area (Å²) < 4.78 is 0. The van der Waals surface area contributed by atoms with Crippen LogP contribution in [0, 0.1) is 5.41 Å². The number of rotatable bonds is 6. The maximum atomic E-state index is 12.4. The topological polar surface area (TPSA) is 89.9 Å². The van der Waals surface area contributed by atoms with Crippen molar-refractivity contribution in [2.45, 2.75) is 57.4 Å². The van der Waals surface area contributed by atoms with Gasteiger partial charge in [-0.3, -0.25) is 4.79 Å². The Morgan fingerprint density at radius 1 is 1.14 bits per heavy atom. The summed E-state index contributed by atoms with van der Waals surface area (Å²) in [6.45, 7) is 0.445. The van der Waals surface area contributed by atoms with Gasteiger partial charge in [-0.1, -0.05) is 25.7 Å². The van der Waals surface area contributed by atoms with Gasteiger partial charge in [0.1, 0.15) is 0 Å². The van der Waals surface area contributed by atoms with Crippen molar-refractivity contribution in [3.8, 4) is 0 Å². The van der Waals surface area contributed by atoms with Gasteiger partial charge in [0, 0.05) is 19.1 Å². The molecule has 0 atom stereocenters. The molecule has 2 aliphatic carbocycles. The zero-order valence-electron chi connectivity index (χ0n) is 12.5. The van der Waals surface area contributed by atoms with Gasteiger partial charge in [-0.05, 0) is 25.7 Å². The summed E-state index contributed by atoms with van der Waals surface area (Å²) in [6, 6.07) is -0.0588. The largest absolute Gasteiger partial charge is 0.481 e. The van der Waals surface area contributed by atoms with Crippen LogP contribution in [0.25, 0.3) is 0 Å². The third-order valence-electron chi connectivity index (χ3n) is 4.96. The van der Waals surface area contributed by atoms with E-state index in [-0.39, 0.29) is 25.2 Å². The van der Waals surface area contributed by atoms with Crippen molar-refractivity contribution < 1.29 is 19.8 Å². The van der Waals surface area contributed by atoms with Gasteiger partial charge in [0.05, 0.1) is 12.0 Å². The molecule has 6 heteroatoms. The summed E-state index contributed by atoms with van der Waals surface area (Å²) in [5.41, 5.74) is -0.771. The predicted octanol–water partition coefficient (Wildman–Crippen LogP) is 1.58. The number of carboxylic acids is 1. The van der Waals surface area contributed by atoms with Crippen LogP contribution in [0.3, 0.4) is 0 Å². The van der Waals surface area contributed by atoms with Crippen LogP contribution in [0.15, 0.2) is 0 Å². The van der Waals surface area contributed by atoms with Crippen LogP contribution in [-0.4, -0.2) is 52.9 Å². The summed E-state index contributed by atoms with van der Waals surface area (Å²) in [5, 5.41) is 21.2. The number of aliphatic carboxylic acids is 1. The van der Waals surface area contributed by atoms with Gasteiger partial charge in [0.2, 0.25) is 0 Å². The molecule has 0 unspecified atom stereocenters. The lowest BCUT2D eigenvalue weighted by molar-refractivity contribution is -0.153. The van der Waals surface area contributed by atoms with Crippen molar-refractivity contribution >= 4 is 12.0 Å². The maximum absolute atomic E-state index is 12.4. The molecule has 3 N–H and O–H groups in total. The average Bonchev–Trinajstić information content (AvgIpc) is 2.44. The number of urea groups is 1. The molecule has 0 heterocycles. The second kappa shape index (κ2) is 7.11. The summed E-state index contributed by atoms with van der Waals surface area (Å²) in [5.74, 6) is -0.819. The Labute approximate surface area is 125 Å². The van der Waals surface area contributed by atoms with Crippen molar-refractivity contribution in [3.05, 3.63) is 0 Å². The molecule has 0 aromatic heterocycles. The second-order valence-corrected chi connectivity index (χ2v) is 6.31. The Kier molecular flexibility index (Phi) is 5.45. The molecule has 0 bridgehead atoms. The van der Waals surface area contributed by atoms with Crippen molar-refractivity contribution in [1.29, 1.82) is 0 Å². The number of nitrogens with one attached hydrogen (secondary N) is 1. The van der Waals surface area contributed by atoms with Crippen LogP contribution in [0.1, 0.15) is 51.4 Å². The number of carbonyl (C=O) groups excluding carboxylic acids is 1. The van der Waals surface area contributed by atoms with Gasteiger partial charge in [-0.15, -0.1) is 0 Å². The monoisotopic (exact) mass is 298 g/mol. The van der Waals surface area contributed by atoms with E-state index in [1.54, 1.807) is 4.90 Å². The Morgan fingerprint density at radius 3 is 2.29 bits per heavy atom. The number of amides is 2. The van der Waals surface area contributed by atoms with Crippen molar-refractivity contribution in [2.24, 2.45) is 5.41 Å². The van der Waals surface area contributed by atoms with E-state index in [9.17, 15) is 19.8 Å². The molecule has 2 aliphatic rings. The fourth-order valence-corrected chi connectivity index (χ4v) is 3.37. The molecule has 2 rings (SSSR count). The second-order valence-electron chi connectivity index (χ2n) is 6.31. The molecule has 0 spiro atoms. The highest BCUT2D eigenvalue weighted by atomic mass is 16.4. The van der Waals surface area contributed by atoms with Crippen LogP contribution in [0.4, 0.5) is 4.79 Å². The molecular formula is C15H26N2O4. The van der Waals surface area contributed by atoms with E-state index in [1.807, 2.05) is 0 Å². The Morgan fingerprint density at radius 2 is 1.81 bits per heavy atom. The number of nitrogens with zero attached hydrogens (tertiary/aromatic N) is 1. The molecule has 120 valence electrons. The minimum Gasteiger partial charge on any atom is -0.481 e. The Bertz CT molecular complexity index is 376.